The van der Waals surface area contributed by atoms with Crippen molar-refractivity contribution >= 4 is 5.91 Å². The number of hydrogen-bond acceptors (Lipinski definition) is 7. The van der Waals surface area contributed by atoms with E-state index < -0.39 is 0 Å². The summed E-state index contributed by atoms with van der Waals surface area (Å²) in [6, 6.07) is 13.1. The molecule has 0 aliphatic carbocycles. The van der Waals surface area contributed by atoms with Gasteiger partial charge in [0.15, 0.2) is 0 Å². The van der Waals surface area contributed by atoms with Gasteiger partial charge in [-0.15, -0.1) is 0 Å². The van der Waals surface area contributed by atoms with Gasteiger partial charge in [0.1, 0.15) is 5.76 Å². The van der Waals surface area contributed by atoms with Crippen LogP contribution >= 0.6 is 0 Å². The largest absolute Gasteiger partial charge is 0.441 e. The number of benzene rings is 1. The third kappa shape index (κ3) is 3.96. The van der Waals surface area contributed by atoms with Gasteiger partial charge in [0.25, 0.3) is 0 Å². The highest BCUT2D eigenvalue weighted by Gasteiger charge is 2.15. The topological polar surface area (TPSA) is 107 Å². The van der Waals surface area contributed by atoms with Crippen LogP contribution in [0.5, 0.6) is 0 Å². The summed E-state index contributed by atoms with van der Waals surface area (Å²) in [5.74, 6) is 1.68. The Morgan fingerprint density at radius 1 is 1.04 bits per heavy atom. The van der Waals surface area contributed by atoms with E-state index in [1.165, 1.54) is 0 Å². The van der Waals surface area contributed by atoms with Crippen molar-refractivity contribution < 1.29 is 13.7 Å². The molecule has 8 nitrogen and oxygen atoms in total. The SMILES string of the molecule is Cc1oc(-c2ccccc2)nc1CC(=O)NCc1nc(-c2ccncc2)no1. The lowest BCUT2D eigenvalue weighted by atomic mass is 10.2. The minimum absolute atomic E-state index is 0.105. The van der Waals surface area contributed by atoms with Crippen molar-refractivity contribution in [1.29, 1.82) is 0 Å². The molecule has 0 aliphatic rings. The molecular weight excluding hydrogens is 358 g/mol. The van der Waals surface area contributed by atoms with Gasteiger partial charge < -0.3 is 14.3 Å². The third-order valence-corrected chi connectivity index (χ3v) is 4.08. The van der Waals surface area contributed by atoms with E-state index in [0.29, 0.717) is 29.1 Å². The van der Waals surface area contributed by atoms with Gasteiger partial charge in [0, 0.05) is 23.5 Å². The van der Waals surface area contributed by atoms with E-state index in [4.69, 9.17) is 8.94 Å². The molecule has 28 heavy (non-hydrogen) atoms. The number of amides is 1. The van der Waals surface area contributed by atoms with Crippen LogP contribution in [0.15, 0.2) is 63.8 Å². The van der Waals surface area contributed by atoms with Crippen LogP contribution in [-0.4, -0.2) is 26.0 Å². The fraction of sp³-hybridized carbons (Fsp3) is 0.150. The van der Waals surface area contributed by atoms with Crippen LogP contribution in [0.25, 0.3) is 22.8 Å². The summed E-state index contributed by atoms with van der Waals surface area (Å²) >= 11 is 0. The number of aromatic nitrogens is 4. The quantitative estimate of drug-likeness (QED) is 0.552. The van der Waals surface area contributed by atoms with Gasteiger partial charge in [-0.05, 0) is 31.2 Å². The summed E-state index contributed by atoms with van der Waals surface area (Å²) in [4.78, 5) is 24.9. The minimum Gasteiger partial charge on any atom is -0.441 e. The molecule has 0 bridgehead atoms. The van der Waals surface area contributed by atoms with E-state index in [-0.39, 0.29) is 18.9 Å². The molecule has 4 aromatic rings. The van der Waals surface area contributed by atoms with E-state index >= 15 is 0 Å². The first-order valence-electron chi connectivity index (χ1n) is 8.70. The molecule has 3 heterocycles. The number of rotatable bonds is 6. The minimum atomic E-state index is -0.209. The molecular formula is C20H17N5O3. The maximum Gasteiger partial charge on any atom is 0.246 e. The highest BCUT2D eigenvalue weighted by Crippen LogP contribution is 2.21. The van der Waals surface area contributed by atoms with Gasteiger partial charge in [0.2, 0.25) is 23.5 Å². The Bertz CT molecular complexity index is 1070. The Morgan fingerprint density at radius 3 is 2.61 bits per heavy atom. The van der Waals surface area contributed by atoms with Crippen LogP contribution in [0.3, 0.4) is 0 Å². The average molecular weight is 375 g/mol. The fourth-order valence-electron chi connectivity index (χ4n) is 2.63. The number of oxazole rings is 1. The zero-order chi connectivity index (χ0) is 19.3. The second-order valence-electron chi connectivity index (χ2n) is 6.09. The van der Waals surface area contributed by atoms with Crippen molar-refractivity contribution in [3.63, 3.8) is 0 Å². The highest BCUT2D eigenvalue weighted by atomic mass is 16.5. The second-order valence-corrected chi connectivity index (χ2v) is 6.09. The van der Waals surface area contributed by atoms with E-state index in [9.17, 15) is 4.79 Å². The van der Waals surface area contributed by atoms with Gasteiger partial charge in [-0.1, -0.05) is 23.4 Å². The van der Waals surface area contributed by atoms with Gasteiger partial charge in [-0.25, -0.2) is 4.98 Å². The summed E-state index contributed by atoms with van der Waals surface area (Å²) < 4.78 is 10.9. The van der Waals surface area contributed by atoms with E-state index in [1.807, 2.05) is 30.3 Å². The molecule has 1 amide bonds. The number of hydrogen-bond donors (Lipinski definition) is 1. The molecule has 140 valence electrons. The number of pyridine rings is 1. The standard InChI is InChI=1S/C20H17N5O3/c1-13-16(23-20(27-13)15-5-3-2-4-6-15)11-17(26)22-12-18-24-19(25-28-18)14-7-9-21-10-8-14/h2-10H,11-12H2,1H3,(H,22,26). The zero-order valence-corrected chi connectivity index (χ0v) is 15.1. The lowest BCUT2D eigenvalue weighted by Crippen LogP contribution is -2.25. The smallest absolute Gasteiger partial charge is 0.246 e. The molecule has 1 N–H and O–H groups in total. The maximum atomic E-state index is 12.3. The summed E-state index contributed by atoms with van der Waals surface area (Å²) in [6.07, 6.45) is 3.40. The first-order chi connectivity index (χ1) is 13.7. The Hall–Kier alpha value is -3.81. The van der Waals surface area contributed by atoms with Crippen molar-refractivity contribution in [2.24, 2.45) is 0 Å². The van der Waals surface area contributed by atoms with Crippen LogP contribution in [-0.2, 0) is 17.8 Å². The van der Waals surface area contributed by atoms with Gasteiger partial charge in [0.05, 0.1) is 18.7 Å². The van der Waals surface area contributed by atoms with E-state index in [0.717, 1.165) is 11.1 Å². The first kappa shape index (κ1) is 17.6. The molecule has 0 radical (unpaired) electrons. The number of carbonyl (C=O) groups is 1. The number of nitrogens with zero attached hydrogens (tertiary/aromatic N) is 4. The maximum absolute atomic E-state index is 12.3. The predicted octanol–water partition coefficient (Wildman–Crippen LogP) is 2.95. The monoisotopic (exact) mass is 375 g/mol. The Balaban J connectivity index is 1.37. The van der Waals surface area contributed by atoms with E-state index in [2.05, 4.69) is 25.4 Å². The fourth-order valence-corrected chi connectivity index (χ4v) is 2.63. The molecule has 4 rings (SSSR count). The molecule has 0 atom stereocenters. The second kappa shape index (κ2) is 7.83. The number of aryl methyl sites for hydroxylation is 1. The van der Waals surface area contributed by atoms with Crippen molar-refractivity contribution in [1.82, 2.24) is 25.4 Å². The molecule has 0 spiro atoms. The lowest BCUT2D eigenvalue weighted by Gasteiger charge is -2.00. The summed E-state index contributed by atoms with van der Waals surface area (Å²) in [5, 5.41) is 6.67. The highest BCUT2D eigenvalue weighted by molar-refractivity contribution is 5.78. The summed E-state index contributed by atoms with van der Waals surface area (Å²) in [5.41, 5.74) is 2.26. The molecule has 0 fully saturated rings. The van der Waals surface area contributed by atoms with Crippen LogP contribution in [0.4, 0.5) is 0 Å². The normalized spacial score (nSPS) is 10.8. The Labute approximate surface area is 160 Å². The molecule has 0 saturated heterocycles. The Kier molecular flexibility index (Phi) is 4.92. The van der Waals surface area contributed by atoms with Gasteiger partial charge in [-0.2, -0.15) is 4.98 Å². The molecule has 3 aromatic heterocycles. The molecule has 8 heteroatoms. The number of nitrogens with one attached hydrogen (secondary N) is 1. The van der Waals surface area contributed by atoms with E-state index in [1.54, 1.807) is 31.5 Å². The Morgan fingerprint density at radius 2 is 1.82 bits per heavy atom. The third-order valence-electron chi connectivity index (χ3n) is 4.08. The molecule has 1 aromatic carbocycles. The van der Waals surface area contributed by atoms with Crippen molar-refractivity contribution in [3.05, 3.63) is 72.2 Å². The predicted molar refractivity (Wildman–Crippen MR) is 99.8 cm³/mol. The van der Waals surface area contributed by atoms with Crippen LogP contribution in [0.2, 0.25) is 0 Å². The molecule has 0 aliphatic heterocycles. The van der Waals surface area contributed by atoms with Gasteiger partial charge >= 0.3 is 0 Å². The van der Waals surface area contributed by atoms with Gasteiger partial charge in [-0.3, -0.25) is 9.78 Å². The zero-order valence-electron chi connectivity index (χ0n) is 15.1. The van der Waals surface area contributed by atoms with Crippen molar-refractivity contribution in [3.8, 4) is 22.8 Å². The lowest BCUT2D eigenvalue weighted by molar-refractivity contribution is -0.120. The molecule has 0 unspecified atom stereocenters. The first-order valence-corrected chi connectivity index (χ1v) is 8.70. The van der Waals surface area contributed by atoms with Crippen molar-refractivity contribution in [2.75, 3.05) is 0 Å². The number of carbonyl (C=O) groups excluding carboxylic acids is 1. The van der Waals surface area contributed by atoms with Crippen LogP contribution < -0.4 is 5.32 Å². The van der Waals surface area contributed by atoms with Crippen LogP contribution in [0.1, 0.15) is 17.3 Å². The summed E-state index contributed by atoms with van der Waals surface area (Å²) in [7, 11) is 0. The average Bonchev–Trinajstić information content (AvgIpc) is 3.35. The summed E-state index contributed by atoms with van der Waals surface area (Å²) in [6.45, 7) is 1.93. The van der Waals surface area contributed by atoms with Crippen LogP contribution in [0, 0.1) is 6.92 Å². The molecule has 0 saturated carbocycles. The van der Waals surface area contributed by atoms with Crippen molar-refractivity contribution in [2.45, 2.75) is 19.9 Å².